The highest BCUT2D eigenvalue weighted by Crippen LogP contribution is 2.45. The number of carbonyl (C=O) groups is 3. The van der Waals surface area contributed by atoms with E-state index >= 15 is 4.79 Å². The number of hydrogen-bond donors (Lipinski definition) is 10. The van der Waals surface area contributed by atoms with Crippen LogP contribution in [-0.4, -0.2) is 339 Å². The molecule has 0 bridgehead atoms. The number of nitrogens with zero attached hydrogens (tertiary/aromatic N) is 4. The first kappa shape index (κ1) is 96.8. The number of aliphatic hydroxyl groups is 10. The molecule has 0 aromatic carbocycles. The highest BCUT2D eigenvalue weighted by atomic mass is 16.8. The van der Waals surface area contributed by atoms with Crippen LogP contribution in [0.2, 0.25) is 0 Å². The first-order valence-corrected chi connectivity index (χ1v) is 40.1. The van der Waals surface area contributed by atoms with Crippen molar-refractivity contribution in [2.24, 2.45) is 46.6 Å². The highest BCUT2D eigenvalue weighted by Gasteiger charge is 2.57. The highest BCUT2D eigenvalue weighted by molar-refractivity contribution is 5.89. The van der Waals surface area contributed by atoms with Crippen LogP contribution in [0, 0.1) is 41.4 Å². The summed E-state index contributed by atoms with van der Waals surface area (Å²) in [6.07, 6.45) is -24.1. The van der Waals surface area contributed by atoms with Gasteiger partial charge in [-0.05, 0) is 149 Å². The fourth-order valence-electron chi connectivity index (χ4n) is 18.1. The van der Waals surface area contributed by atoms with Crippen molar-refractivity contribution in [3.63, 3.8) is 0 Å². The predicted molar refractivity (Wildman–Crippen MR) is 405 cm³/mol. The van der Waals surface area contributed by atoms with Gasteiger partial charge in [-0.2, -0.15) is 0 Å². The number of hydrogen-bond acceptors (Lipinski definition) is 31. The van der Waals surface area contributed by atoms with Gasteiger partial charge in [-0.15, -0.1) is 0 Å². The second kappa shape index (κ2) is 40.1. The van der Waals surface area contributed by atoms with Crippen LogP contribution in [0.3, 0.4) is 0 Å². The summed E-state index contributed by atoms with van der Waals surface area (Å²) in [5, 5.41) is 127. The molecule has 10 N–H and O–H groups in total. The maximum atomic E-state index is 15.1. The summed E-state index contributed by atoms with van der Waals surface area (Å²) < 4.78 is 88.1. The molecule has 1 amide bonds. The largest absolute Gasteiger partial charge is 0.459 e. The smallest absolute Gasteiger partial charge is 0.311 e. The number of esters is 2. The Morgan fingerprint density at radius 2 is 1.00 bits per heavy atom. The van der Waals surface area contributed by atoms with Crippen LogP contribution in [0.1, 0.15) is 190 Å². The van der Waals surface area contributed by atoms with Crippen molar-refractivity contribution in [1.29, 1.82) is 0 Å². The Morgan fingerprint density at radius 3 is 1.44 bits per heavy atom. The fraction of sp³-hybridized carbons (Fsp3) is 0.949. The second-order valence-corrected chi connectivity index (χ2v) is 34.9. The van der Waals surface area contributed by atoms with Gasteiger partial charge in [-0.1, -0.05) is 53.6 Å². The molecule has 6 rings (SSSR count). The van der Waals surface area contributed by atoms with Gasteiger partial charge in [0.2, 0.25) is 12.7 Å². The molecule has 6 aliphatic rings. The zero-order chi connectivity index (χ0) is 83.9. The van der Waals surface area contributed by atoms with Crippen molar-refractivity contribution in [3.05, 3.63) is 0 Å². The van der Waals surface area contributed by atoms with Gasteiger partial charge >= 0.3 is 11.9 Å². The number of oxime groups is 1. The van der Waals surface area contributed by atoms with Crippen molar-refractivity contribution < 1.29 is 137 Å². The molecule has 6 saturated heterocycles. The Kier molecular flexibility index (Phi) is 35.0. The molecule has 6 fully saturated rings. The van der Waals surface area contributed by atoms with E-state index in [0.29, 0.717) is 6.54 Å². The maximum Gasteiger partial charge on any atom is 0.311 e. The summed E-state index contributed by atoms with van der Waals surface area (Å²) in [5.41, 5.74) is -10.0. The summed E-state index contributed by atoms with van der Waals surface area (Å²) >= 11 is 0. The van der Waals surface area contributed by atoms with Crippen molar-refractivity contribution in [2.45, 2.75) is 364 Å². The fourth-order valence-corrected chi connectivity index (χ4v) is 18.1. The zero-order valence-electron chi connectivity index (χ0n) is 71.1. The standard InChI is InChI=1S/C79H144N4O28/c1-27-54-78(19,95)64(87)44(7)59(80-101-39-100-30-29-97-24)41(4)34-75(16,94)69(46(9)63(48(11)70(91)106-54)109-58-36-77(18,99-26)67(90)51(14)105-58)111-73-61(86)53(32-43(6)103-73)83(23)56(84)38-82(22)52-31-42(5)102-72(60(52)85)110-68-45(8)62(108-57-35-76(17,98-25)66(89)50(13)104-57)47(10)71(92)107-55(28-2)79(20,96)65(88)49(12)81(21)37-40(3)33-74(68,15)93/h40-55,57-58,60-69,72-73,85-90,93-96H,27-39H2,1-26H3/b80-59+/t40-,41-,42?,43?,44+,45+,46+,47-,48-,49-,50?,51?,52?,53?,54-,55-,57?,58?,60?,61?,62+,63+,64-,65-,66?,67?,68-,69-,72?,73?,74+,75+,76?,77?,78-,79-/m1/s1. The Hall–Kier alpha value is -3.08. The van der Waals surface area contributed by atoms with Crippen molar-refractivity contribution in [2.75, 3.05) is 75.6 Å². The molecule has 16 unspecified atom stereocenters. The number of ether oxygens (including phenoxy) is 14. The molecule has 6 aliphatic heterocycles. The van der Waals surface area contributed by atoms with E-state index in [2.05, 4.69) is 5.16 Å². The first-order valence-electron chi connectivity index (χ1n) is 40.1. The molecule has 0 aromatic rings. The van der Waals surface area contributed by atoms with Crippen molar-refractivity contribution in [3.8, 4) is 0 Å². The Bertz CT molecular complexity index is 2940. The molecular weight excluding hydrogens is 1450 g/mol. The van der Waals surface area contributed by atoms with E-state index in [9.17, 15) is 60.7 Å². The van der Waals surface area contributed by atoms with E-state index < -0.39 is 228 Å². The van der Waals surface area contributed by atoms with Crippen molar-refractivity contribution in [1.82, 2.24) is 14.7 Å². The van der Waals surface area contributed by atoms with Crippen LogP contribution in [-0.2, 0) is 85.5 Å². The Labute approximate surface area is 658 Å². The molecule has 111 heavy (non-hydrogen) atoms. The minimum Gasteiger partial charge on any atom is -0.459 e. The molecular formula is C79H144N4O28. The predicted octanol–water partition coefficient (Wildman–Crippen LogP) is 3.39. The van der Waals surface area contributed by atoms with Gasteiger partial charge in [0, 0.05) is 83.5 Å². The minimum atomic E-state index is -2.09. The first-order chi connectivity index (χ1) is 51.4. The third-order valence-corrected chi connectivity index (χ3v) is 25.3. The minimum absolute atomic E-state index is 0.00759. The van der Waals surface area contributed by atoms with Crippen LogP contribution in [0.15, 0.2) is 5.16 Å². The van der Waals surface area contributed by atoms with Crippen LogP contribution in [0.4, 0.5) is 0 Å². The lowest BCUT2D eigenvalue weighted by atomic mass is 9.73. The number of aliphatic hydroxyl groups excluding tert-OH is 6. The number of rotatable bonds is 22. The number of likely N-dealkylation sites (N-methyl/N-ethyl adjacent to an activating group) is 3. The van der Waals surface area contributed by atoms with Crippen molar-refractivity contribution >= 4 is 23.6 Å². The lowest BCUT2D eigenvalue weighted by molar-refractivity contribution is -0.318. The summed E-state index contributed by atoms with van der Waals surface area (Å²) in [6, 6.07) is -2.54. The maximum absolute atomic E-state index is 15.1. The molecule has 648 valence electrons. The monoisotopic (exact) mass is 1600 g/mol. The molecule has 0 saturated carbocycles. The van der Waals surface area contributed by atoms with Gasteiger partial charge < -0.3 is 132 Å². The van der Waals surface area contributed by atoms with E-state index in [1.54, 1.807) is 130 Å². The molecule has 0 spiro atoms. The molecule has 0 aliphatic carbocycles. The van der Waals surface area contributed by atoms with Gasteiger partial charge in [-0.25, -0.2) is 0 Å². The van der Waals surface area contributed by atoms with Gasteiger partial charge in [0.15, 0.2) is 25.2 Å². The lowest BCUT2D eigenvalue weighted by Crippen LogP contribution is -2.62. The van der Waals surface area contributed by atoms with Gasteiger partial charge in [0.25, 0.3) is 0 Å². The van der Waals surface area contributed by atoms with E-state index in [0.717, 1.165) is 0 Å². The molecule has 32 nitrogen and oxygen atoms in total. The zero-order valence-corrected chi connectivity index (χ0v) is 71.1. The average molecular weight is 1600 g/mol. The van der Waals surface area contributed by atoms with Crippen LogP contribution in [0.5, 0.6) is 0 Å². The quantitative estimate of drug-likeness (QED) is 0.0321. The van der Waals surface area contributed by atoms with Gasteiger partial charge in [0.05, 0.1) is 121 Å². The lowest BCUT2D eigenvalue weighted by Gasteiger charge is -2.49. The molecule has 0 radical (unpaired) electrons. The van der Waals surface area contributed by atoms with Crippen LogP contribution in [0.25, 0.3) is 0 Å². The second-order valence-electron chi connectivity index (χ2n) is 34.9. The summed E-state index contributed by atoms with van der Waals surface area (Å²) in [6.45, 7) is 33.3. The topological polar surface area (TPSA) is 414 Å². The average Bonchev–Trinajstić information content (AvgIpc) is 1.36. The molecule has 32 heteroatoms. The molecule has 6 heterocycles. The van der Waals surface area contributed by atoms with Crippen LogP contribution >= 0.6 is 0 Å². The normalized spacial score (nSPS) is 47.3. The third kappa shape index (κ3) is 22.9. The third-order valence-electron chi connectivity index (χ3n) is 25.3. The van der Waals surface area contributed by atoms with Gasteiger partial charge in [-0.3, -0.25) is 19.3 Å². The number of cyclic esters (lactones) is 2. The van der Waals surface area contributed by atoms with E-state index in [-0.39, 0.29) is 89.5 Å². The number of methoxy groups -OCH3 is 3. The summed E-state index contributed by atoms with van der Waals surface area (Å²) in [4.78, 5) is 55.4. The summed E-state index contributed by atoms with van der Waals surface area (Å²) in [7, 11) is 9.40. The van der Waals surface area contributed by atoms with E-state index in [1.807, 2.05) is 11.8 Å². The van der Waals surface area contributed by atoms with Gasteiger partial charge in [0.1, 0.15) is 53.9 Å². The molecule has 36 atom stereocenters. The number of amides is 1. The molecule has 0 aromatic heterocycles. The SMILES string of the molecule is CC[C@H]1OC(=O)[C@H](C)[C@@H](OC2CC(C)(OC)C(O)C(C)O2)[C@H](C)[C@@H](OC2OC(C)CC(N(C)CC(=O)N(C)C3CC(C)OC(O[C@@H]4[C@@H](C)[C@H](OC5CC(C)(OC)C(O)C(C)O5)[C@@H](C)C(=O)O[C@H](CC)[C@@](C)(O)[C@H](O)[C@@H](C)/C(=N/OCOCCOC)[C@H](C)C[C@]4(C)O)C3O)C2O)[C@@](C)(O)C[C@@H](C)CN(C)[C@H](C)[C@@H](O)[C@]1(C)O. The summed E-state index contributed by atoms with van der Waals surface area (Å²) in [5.74, 6) is -8.78. The van der Waals surface area contributed by atoms with E-state index in [4.69, 9.17) is 71.2 Å². The Morgan fingerprint density at radius 1 is 0.568 bits per heavy atom. The Balaban J connectivity index is 1.35. The number of carbonyl (C=O) groups excluding carboxylic acids is 3. The van der Waals surface area contributed by atoms with E-state index in [1.165, 1.54) is 54.0 Å². The van der Waals surface area contributed by atoms with Crippen LogP contribution < -0.4 is 0 Å².